The Bertz CT molecular complexity index is 452. The quantitative estimate of drug-likeness (QED) is 0.618. The number of halogens is 3. The predicted octanol–water partition coefficient (Wildman–Crippen LogP) is 2.18. The number of rotatable bonds is 7. The molecular weight excluding hydrogens is 275 g/mol. The molecule has 8 heteroatoms. The first-order valence-electron chi connectivity index (χ1n) is 5.99. The molecule has 0 fully saturated rings. The zero-order valence-corrected chi connectivity index (χ0v) is 11.0. The number of alkyl halides is 3. The molecule has 0 spiro atoms. The first-order chi connectivity index (χ1) is 9.33. The summed E-state index contributed by atoms with van der Waals surface area (Å²) in [6.45, 7) is -0.683. The standard InChI is InChI=1S/C12H16F3N3O2/c1-16-6-7-17(9-12(13,14)15)8-10-4-2-3-5-11(10)18(19)20/h2-5,16H,6-9H2,1H3. The highest BCUT2D eigenvalue weighted by atomic mass is 19.4. The summed E-state index contributed by atoms with van der Waals surface area (Å²) >= 11 is 0. The van der Waals surface area contributed by atoms with Crippen molar-refractivity contribution in [2.75, 3.05) is 26.7 Å². The molecule has 1 aromatic rings. The van der Waals surface area contributed by atoms with Gasteiger partial charge in [0.15, 0.2) is 0 Å². The van der Waals surface area contributed by atoms with Crippen molar-refractivity contribution in [1.82, 2.24) is 10.2 Å². The van der Waals surface area contributed by atoms with E-state index in [0.29, 0.717) is 6.54 Å². The van der Waals surface area contributed by atoms with Gasteiger partial charge in [-0.25, -0.2) is 0 Å². The van der Waals surface area contributed by atoms with Crippen LogP contribution in [0.4, 0.5) is 18.9 Å². The largest absolute Gasteiger partial charge is 0.401 e. The fraction of sp³-hybridized carbons (Fsp3) is 0.500. The maximum Gasteiger partial charge on any atom is 0.401 e. The number of benzene rings is 1. The highest BCUT2D eigenvalue weighted by Crippen LogP contribution is 2.22. The van der Waals surface area contributed by atoms with Gasteiger partial charge in [-0.3, -0.25) is 15.0 Å². The molecule has 1 rings (SSSR count). The van der Waals surface area contributed by atoms with Gasteiger partial charge in [-0.15, -0.1) is 0 Å². The lowest BCUT2D eigenvalue weighted by Crippen LogP contribution is -2.37. The van der Waals surface area contributed by atoms with Crippen LogP contribution in [0.2, 0.25) is 0 Å². The van der Waals surface area contributed by atoms with Gasteiger partial charge in [0.2, 0.25) is 0 Å². The predicted molar refractivity (Wildman–Crippen MR) is 68.4 cm³/mol. The van der Waals surface area contributed by atoms with Gasteiger partial charge >= 0.3 is 6.18 Å². The molecule has 5 nitrogen and oxygen atoms in total. The lowest BCUT2D eigenvalue weighted by Gasteiger charge is -2.23. The van der Waals surface area contributed by atoms with Crippen LogP contribution in [0, 0.1) is 10.1 Å². The second kappa shape index (κ2) is 7.20. The van der Waals surface area contributed by atoms with E-state index < -0.39 is 17.6 Å². The lowest BCUT2D eigenvalue weighted by molar-refractivity contribution is -0.385. The highest BCUT2D eigenvalue weighted by Gasteiger charge is 2.31. The summed E-state index contributed by atoms with van der Waals surface area (Å²) in [6.07, 6.45) is -4.34. The second-order valence-electron chi connectivity index (χ2n) is 4.32. The Balaban J connectivity index is 2.86. The molecule has 0 unspecified atom stereocenters. The Hall–Kier alpha value is -1.67. The molecule has 0 amide bonds. The number of hydrogen-bond acceptors (Lipinski definition) is 4. The number of likely N-dealkylation sites (N-methyl/N-ethyl adjacent to an activating group) is 1. The van der Waals surface area contributed by atoms with Crippen molar-refractivity contribution in [2.24, 2.45) is 0 Å². The van der Waals surface area contributed by atoms with E-state index >= 15 is 0 Å². The Morgan fingerprint density at radius 1 is 1.35 bits per heavy atom. The monoisotopic (exact) mass is 291 g/mol. The fourth-order valence-corrected chi connectivity index (χ4v) is 1.80. The van der Waals surface area contributed by atoms with Crippen LogP contribution < -0.4 is 5.32 Å². The third-order valence-corrected chi connectivity index (χ3v) is 2.66. The molecule has 0 heterocycles. The van der Waals surface area contributed by atoms with E-state index in [2.05, 4.69) is 5.32 Å². The Morgan fingerprint density at radius 3 is 2.55 bits per heavy atom. The van der Waals surface area contributed by atoms with Crippen LogP contribution in [0.3, 0.4) is 0 Å². The van der Waals surface area contributed by atoms with E-state index in [0.717, 1.165) is 4.90 Å². The Morgan fingerprint density at radius 2 is 2.00 bits per heavy atom. The van der Waals surface area contributed by atoms with E-state index in [1.165, 1.54) is 18.2 Å². The number of hydrogen-bond donors (Lipinski definition) is 1. The van der Waals surface area contributed by atoms with Crippen LogP contribution in [0.5, 0.6) is 0 Å². The molecule has 0 saturated carbocycles. The number of para-hydroxylation sites is 1. The molecule has 0 atom stereocenters. The average Bonchev–Trinajstić information content (AvgIpc) is 2.34. The molecule has 112 valence electrons. The number of nitrogens with zero attached hydrogens (tertiary/aromatic N) is 2. The van der Waals surface area contributed by atoms with E-state index in [9.17, 15) is 23.3 Å². The summed E-state index contributed by atoms with van der Waals surface area (Å²) in [4.78, 5) is 11.4. The van der Waals surface area contributed by atoms with Gasteiger partial charge in [0, 0.05) is 31.3 Å². The molecule has 0 aliphatic heterocycles. The summed E-state index contributed by atoms with van der Waals surface area (Å²) in [5.41, 5.74) is 0.113. The van der Waals surface area contributed by atoms with E-state index in [1.807, 2.05) is 0 Å². The molecule has 0 aliphatic carbocycles. The van der Waals surface area contributed by atoms with Crippen LogP contribution in [0.15, 0.2) is 24.3 Å². The molecule has 0 radical (unpaired) electrons. The van der Waals surface area contributed by atoms with E-state index in [-0.39, 0.29) is 24.3 Å². The fourth-order valence-electron chi connectivity index (χ4n) is 1.80. The zero-order chi connectivity index (χ0) is 15.2. The normalized spacial score (nSPS) is 11.8. The minimum Gasteiger partial charge on any atom is -0.318 e. The summed E-state index contributed by atoms with van der Waals surface area (Å²) in [6, 6.07) is 5.83. The molecule has 20 heavy (non-hydrogen) atoms. The van der Waals surface area contributed by atoms with Gasteiger partial charge in [-0.1, -0.05) is 18.2 Å². The van der Waals surface area contributed by atoms with Crippen LogP contribution in [-0.4, -0.2) is 42.7 Å². The number of nitro benzene ring substituents is 1. The summed E-state index contributed by atoms with van der Waals surface area (Å²) < 4.78 is 37.5. The maximum absolute atomic E-state index is 12.5. The van der Waals surface area contributed by atoms with Crippen molar-refractivity contribution in [2.45, 2.75) is 12.7 Å². The van der Waals surface area contributed by atoms with Crippen molar-refractivity contribution in [3.05, 3.63) is 39.9 Å². The van der Waals surface area contributed by atoms with Gasteiger partial charge in [0.1, 0.15) is 0 Å². The first-order valence-corrected chi connectivity index (χ1v) is 5.99. The van der Waals surface area contributed by atoms with E-state index in [4.69, 9.17) is 0 Å². The lowest BCUT2D eigenvalue weighted by atomic mass is 10.1. The Kier molecular flexibility index (Phi) is 5.90. The SMILES string of the molecule is CNCCN(Cc1ccccc1[N+](=O)[O-])CC(F)(F)F. The van der Waals surface area contributed by atoms with E-state index in [1.54, 1.807) is 13.1 Å². The van der Waals surface area contributed by atoms with Gasteiger partial charge in [-0.05, 0) is 7.05 Å². The van der Waals surface area contributed by atoms with Crippen molar-refractivity contribution in [1.29, 1.82) is 0 Å². The number of nitro groups is 1. The molecule has 0 bridgehead atoms. The molecule has 1 N–H and O–H groups in total. The number of nitrogens with one attached hydrogen (secondary N) is 1. The average molecular weight is 291 g/mol. The molecule has 0 aliphatic rings. The van der Waals surface area contributed by atoms with Crippen molar-refractivity contribution in [3.63, 3.8) is 0 Å². The van der Waals surface area contributed by atoms with Crippen molar-refractivity contribution in [3.8, 4) is 0 Å². The zero-order valence-electron chi connectivity index (χ0n) is 11.0. The van der Waals surface area contributed by atoms with Gasteiger partial charge in [0.05, 0.1) is 11.5 Å². The van der Waals surface area contributed by atoms with Crippen LogP contribution in [0.25, 0.3) is 0 Å². The molecule has 0 saturated heterocycles. The molecular formula is C12H16F3N3O2. The minimum absolute atomic E-state index is 0.113. The van der Waals surface area contributed by atoms with Crippen molar-refractivity contribution < 1.29 is 18.1 Å². The second-order valence-corrected chi connectivity index (χ2v) is 4.32. The Labute approximate surface area is 114 Å². The van der Waals surface area contributed by atoms with Crippen LogP contribution >= 0.6 is 0 Å². The summed E-state index contributed by atoms with van der Waals surface area (Å²) in [7, 11) is 1.64. The first kappa shape index (κ1) is 16.4. The summed E-state index contributed by atoms with van der Waals surface area (Å²) in [5.74, 6) is 0. The van der Waals surface area contributed by atoms with Crippen LogP contribution in [-0.2, 0) is 6.54 Å². The highest BCUT2D eigenvalue weighted by molar-refractivity contribution is 5.39. The molecule has 0 aromatic heterocycles. The van der Waals surface area contributed by atoms with Gasteiger partial charge in [0.25, 0.3) is 5.69 Å². The van der Waals surface area contributed by atoms with Gasteiger partial charge < -0.3 is 5.32 Å². The smallest absolute Gasteiger partial charge is 0.318 e. The third kappa shape index (κ3) is 5.54. The summed E-state index contributed by atoms with van der Waals surface area (Å²) in [5, 5.41) is 13.6. The van der Waals surface area contributed by atoms with Crippen molar-refractivity contribution >= 4 is 5.69 Å². The topological polar surface area (TPSA) is 58.4 Å². The maximum atomic E-state index is 12.5. The van der Waals surface area contributed by atoms with Gasteiger partial charge in [-0.2, -0.15) is 13.2 Å². The van der Waals surface area contributed by atoms with Crippen LogP contribution in [0.1, 0.15) is 5.56 Å². The molecule has 1 aromatic carbocycles. The third-order valence-electron chi connectivity index (χ3n) is 2.66. The minimum atomic E-state index is -4.34.